The zero-order valence-electron chi connectivity index (χ0n) is 11.4. The number of carbonyl (C=O) groups excluding carboxylic acids is 1. The first-order chi connectivity index (χ1) is 9.04. The van der Waals surface area contributed by atoms with Gasteiger partial charge in [-0.3, -0.25) is 4.79 Å². The van der Waals surface area contributed by atoms with Gasteiger partial charge in [0.15, 0.2) is 0 Å². The van der Waals surface area contributed by atoms with Crippen molar-refractivity contribution in [2.75, 3.05) is 4.90 Å². The molecule has 19 heavy (non-hydrogen) atoms. The van der Waals surface area contributed by atoms with E-state index in [0.29, 0.717) is 0 Å². The van der Waals surface area contributed by atoms with Gasteiger partial charge in [0, 0.05) is 17.1 Å². The molecule has 2 rings (SSSR count). The van der Waals surface area contributed by atoms with Gasteiger partial charge < -0.3 is 10.0 Å². The summed E-state index contributed by atoms with van der Waals surface area (Å²) in [4.78, 5) is 13.7. The molecule has 1 aromatic carbocycles. The highest BCUT2D eigenvalue weighted by Crippen LogP contribution is 2.31. The van der Waals surface area contributed by atoms with Crippen LogP contribution in [-0.2, 0) is 11.2 Å². The lowest BCUT2D eigenvalue weighted by molar-refractivity contribution is -0.117. The summed E-state index contributed by atoms with van der Waals surface area (Å²) in [5, 5.41) is 10.0. The third kappa shape index (κ3) is 3.00. The molecule has 3 nitrogen and oxygen atoms in total. The highest BCUT2D eigenvalue weighted by Gasteiger charge is 2.33. The molecule has 4 heteroatoms. The van der Waals surface area contributed by atoms with Gasteiger partial charge in [-0.25, -0.2) is 0 Å². The van der Waals surface area contributed by atoms with Crippen molar-refractivity contribution in [2.24, 2.45) is 0 Å². The average Bonchev–Trinajstić information content (AvgIpc) is 2.76. The molecular weight excluding hydrogens is 306 g/mol. The standard InChI is InChI=1S/C15H20BrNO2/c1-3-11-7-8-12(9-13(11)16)17(10(2)18)14-5-4-6-15(14)19/h7-9,14-15,19H,3-6H2,1-2H3. The second-order valence-corrected chi connectivity index (χ2v) is 5.94. The summed E-state index contributed by atoms with van der Waals surface area (Å²) < 4.78 is 1.02. The number of halogens is 1. The van der Waals surface area contributed by atoms with Crippen LogP contribution in [0.1, 0.15) is 38.7 Å². The molecule has 0 saturated heterocycles. The van der Waals surface area contributed by atoms with Crippen LogP contribution in [0.15, 0.2) is 22.7 Å². The van der Waals surface area contributed by atoms with E-state index in [-0.39, 0.29) is 11.9 Å². The van der Waals surface area contributed by atoms with Crippen LogP contribution < -0.4 is 4.90 Å². The van der Waals surface area contributed by atoms with E-state index in [1.54, 1.807) is 11.8 Å². The van der Waals surface area contributed by atoms with Crippen molar-refractivity contribution in [3.8, 4) is 0 Å². The Morgan fingerprint density at radius 1 is 1.47 bits per heavy atom. The van der Waals surface area contributed by atoms with Crippen LogP contribution in [0.5, 0.6) is 0 Å². The van der Waals surface area contributed by atoms with Crippen LogP contribution in [0.3, 0.4) is 0 Å². The maximum Gasteiger partial charge on any atom is 0.224 e. The van der Waals surface area contributed by atoms with E-state index in [0.717, 1.165) is 35.8 Å². The van der Waals surface area contributed by atoms with Crippen LogP contribution in [0, 0.1) is 0 Å². The molecule has 104 valence electrons. The number of aliphatic hydroxyl groups excluding tert-OH is 1. The van der Waals surface area contributed by atoms with Gasteiger partial charge in [-0.05, 0) is 43.4 Å². The van der Waals surface area contributed by atoms with Crippen LogP contribution >= 0.6 is 15.9 Å². The van der Waals surface area contributed by atoms with E-state index in [2.05, 4.69) is 22.9 Å². The van der Waals surface area contributed by atoms with E-state index < -0.39 is 6.10 Å². The Morgan fingerprint density at radius 2 is 2.21 bits per heavy atom. The summed E-state index contributed by atoms with van der Waals surface area (Å²) in [5.41, 5.74) is 2.08. The molecule has 1 amide bonds. The largest absolute Gasteiger partial charge is 0.391 e. The fourth-order valence-corrected chi connectivity index (χ4v) is 3.45. The molecule has 0 spiro atoms. The van der Waals surface area contributed by atoms with Gasteiger partial charge in [-0.2, -0.15) is 0 Å². The van der Waals surface area contributed by atoms with Gasteiger partial charge in [0.05, 0.1) is 12.1 Å². The monoisotopic (exact) mass is 325 g/mol. The lowest BCUT2D eigenvalue weighted by atomic mass is 10.1. The molecule has 2 atom stereocenters. The first-order valence-electron chi connectivity index (χ1n) is 6.81. The molecular formula is C15H20BrNO2. The summed E-state index contributed by atoms with van der Waals surface area (Å²) in [6.07, 6.45) is 3.17. The van der Waals surface area contributed by atoms with Crippen molar-refractivity contribution in [2.45, 2.75) is 51.7 Å². The van der Waals surface area contributed by atoms with Crippen LogP contribution in [0.25, 0.3) is 0 Å². The second kappa shape index (κ2) is 6.06. The maximum atomic E-state index is 11.9. The second-order valence-electron chi connectivity index (χ2n) is 5.08. The quantitative estimate of drug-likeness (QED) is 0.926. The molecule has 0 bridgehead atoms. The number of aliphatic hydroxyl groups is 1. The van der Waals surface area contributed by atoms with Gasteiger partial charge in [0.2, 0.25) is 5.91 Å². The molecule has 1 N–H and O–H groups in total. The number of rotatable bonds is 3. The van der Waals surface area contributed by atoms with Crippen molar-refractivity contribution in [3.05, 3.63) is 28.2 Å². The number of anilines is 1. The summed E-state index contributed by atoms with van der Waals surface area (Å²) >= 11 is 3.55. The predicted molar refractivity (Wildman–Crippen MR) is 80.3 cm³/mol. The van der Waals surface area contributed by atoms with Gasteiger partial charge in [0.1, 0.15) is 0 Å². The van der Waals surface area contributed by atoms with Crippen LogP contribution in [0.2, 0.25) is 0 Å². The average molecular weight is 326 g/mol. The Kier molecular flexibility index (Phi) is 4.63. The molecule has 0 heterocycles. The molecule has 1 saturated carbocycles. The lowest BCUT2D eigenvalue weighted by Gasteiger charge is -2.30. The van der Waals surface area contributed by atoms with Crippen LogP contribution in [0.4, 0.5) is 5.69 Å². The highest BCUT2D eigenvalue weighted by molar-refractivity contribution is 9.10. The van der Waals surface area contributed by atoms with E-state index in [9.17, 15) is 9.90 Å². The first kappa shape index (κ1) is 14.5. The smallest absolute Gasteiger partial charge is 0.224 e. The summed E-state index contributed by atoms with van der Waals surface area (Å²) in [6, 6.07) is 5.90. The van der Waals surface area contributed by atoms with Gasteiger partial charge in [-0.1, -0.05) is 28.9 Å². The third-order valence-corrected chi connectivity index (χ3v) is 4.55. The Bertz CT molecular complexity index is 475. The maximum absolute atomic E-state index is 11.9. The van der Waals surface area contributed by atoms with Gasteiger partial charge in [-0.15, -0.1) is 0 Å². The Balaban J connectivity index is 2.34. The summed E-state index contributed by atoms with van der Waals surface area (Å²) in [6.45, 7) is 3.66. The zero-order chi connectivity index (χ0) is 14.0. The number of hydrogen-bond acceptors (Lipinski definition) is 2. The summed E-state index contributed by atoms with van der Waals surface area (Å²) in [7, 11) is 0. The van der Waals surface area contributed by atoms with Crippen molar-refractivity contribution in [1.82, 2.24) is 0 Å². The zero-order valence-corrected chi connectivity index (χ0v) is 13.0. The fraction of sp³-hybridized carbons (Fsp3) is 0.533. The minimum atomic E-state index is -0.409. The lowest BCUT2D eigenvalue weighted by Crippen LogP contribution is -2.43. The Morgan fingerprint density at radius 3 is 2.68 bits per heavy atom. The predicted octanol–water partition coefficient (Wildman–Crippen LogP) is 3.28. The van der Waals surface area contributed by atoms with E-state index >= 15 is 0 Å². The number of benzene rings is 1. The molecule has 0 aromatic heterocycles. The van der Waals surface area contributed by atoms with E-state index in [1.165, 1.54) is 5.56 Å². The van der Waals surface area contributed by atoms with Gasteiger partial charge in [0.25, 0.3) is 0 Å². The summed E-state index contributed by atoms with van der Waals surface area (Å²) in [5.74, 6) is -0.0119. The van der Waals surface area contributed by atoms with E-state index in [1.807, 2.05) is 18.2 Å². The fourth-order valence-electron chi connectivity index (χ4n) is 2.80. The first-order valence-corrected chi connectivity index (χ1v) is 7.60. The van der Waals surface area contributed by atoms with Crippen molar-refractivity contribution >= 4 is 27.5 Å². The molecule has 1 aromatic rings. The number of aryl methyl sites for hydroxylation is 1. The Hall–Kier alpha value is -0.870. The molecule has 0 aliphatic heterocycles. The molecule has 1 aliphatic carbocycles. The molecule has 1 fully saturated rings. The minimum Gasteiger partial charge on any atom is -0.391 e. The topological polar surface area (TPSA) is 40.5 Å². The SMILES string of the molecule is CCc1ccc(N(C(C)=O)C2CCCC2O)cc1Br. The highest BCUT2D eigenvalue weighted by atomic mass is 79.9. The Labute approximate surface area is 122 Å². The third-order valence-electron chi connectivity index (χ3n) is 3.81. The van der Waals surface area contributed by atoms with Crippen LogP contribution in [-0.4, -0.2) is 23.2 Å². The molecule has 1 aliphatic rings. The number of nitrogens with zero attached hydrogens (tertiary/aromatic N) is 1. The minimum absolute atomic E-state index is 0.0119. The number of amides is 1. The molecule has 2 unspecified atom stereocenters. The van der Waals surface area contributed by atoms with Gasteiger partial charge >= 0.3 is 0 Å². The number of hydrogen-bond donors (Lipinski definition) is 1. The number of carbonyl (C=O) groups is 1. The van der Waals surface area contributed by atoms with E-state index in [4.69, 9.17) is 0 Å². The van der Waals surface area contributed by atoms with Crippen molar-refractivity contribution in [1.29, 1.82) is 0 Å². The van der Waals surface area contributed by atoms with Crippen molar-refractivity contribution < 1.29 is 9.90 Å². The normalized spacial score (nSPS) is 22.5. The molecule has 0 radical (unpaired) electrons. The van der Waals surface area contributed by atoms with Crippen molar-refractivity contribution in [3.63, 3.8) is 0 Å².